The SMILES string of the molecule is Cc1c(F)c(-c2ccccc2)c(F)c(F)c1C(C)C. The van der Waals surface area contributed by atoms with E-state index in [0.717, 1.165) is 0 Å². The van der Waals surface area contributed by atoms with Gasteiger partial charge in [0.25, 0.3) is 0 Å². The van der Waals surface area contributed by atoms with Crippen LogP contribution in [0.5, 0.6) is 0 Å². The molecule has 0 heterocycles. The largest absolute Gasteiger partial charge is 0.206 e. The molecule has 2 aromatic rings. The molecule has 0 radical (unpaired) electrons. The molecule has 0 atom stereocenters. The lowest BCUT2D eigenvalue weighted by molar-refractivity contribution is 0.480. The van der Waals surface area contributed by atoms with Gasteiger partial charge in [0.15, 0.2) is 11.6 Å². The summed E-state index contributed by atoms with van der Waals surface area (Å²) in [6, 6.07) is 8.20. The Balaban J connectivity index is 2.79. The summed E-state index contributed by atoms with van der Waals surface area (Å²) in [6.07, 6.45) is 0. The molecule has 100 valence electrons. The zero-order chi connectivity index (χ0) is 14.2. The van der Waals surface area contributed by atoms with Crippen LogP contribution in [-0.2, 0) is 0 Å². The molecule has 2 aromatic carbocycles. The molecule has 0 spiro atoms. The molecular weight excluding hydrogens is 249 g/mol. The summed E-state index contributed by atoms with van der Waals surface area (Å²) in [6.45, 7) is 4.92. The van der Waals surface area contributed by atoms with Gasteiger partial charge in [0.05, 0.1) is 5.56 Å². The van der Waals surface area contributed by atoms with E-state index in [2.05, 4.69) is 0 Å². The smallest absolute Gasteiger partial charge is 0.169 e. The quantitative estimate of drug-likeness (QED) is 0.654. The molecular formula is C16H15F3. The fourth-order valence-corrected chi connectivity index (χ4v) is 2.34. The third kappa shape index (κ3) is 2.25. The summed E-state index contributed by atoms with van der Waals surface area (Å²) in [5, 5.41) is 0. The number of halogens is 3. The van der Waals surface area contributed by atoms with Crippen LogP contribution in [-0.4, -0.2) is 0 Å². The highest BCUT2D eigenvalue weighted by atomic mass is 19.2. The molecule has 0 fully saturated rings. The fourth-order valence-electron chi connectivity index (χ4n) is 2.34. The fraction of sp³-hybridized carbons (Fsp3) is 0.250. The van der Waals surface area contributed by atoms with E-state index in [-0.39, 0.29) is 22.6 Å². The Morgan fingerprint density at radius 1 is 0.842 bits per heavy atom. The first-order valence-electron chi connectivity index (χ1n) is 6.17. The molecule has 0 N–H and O–H groups in total. The molecule has 0 aliphatic carbocycles. The van der Waals surface area contributed by atoms with Crippen molar-refractivity contribution in [1.82, 2.24) is 0 Å². The Hall–Kier alpha value is -1.77. The van der Waals surface area contributed by atoms with Crippen LogP contribution in [0.4, 0.5) is 13.2 Å². The maximum atomic E-state index is 14.3. The van der Waals surface area contributed by atoms with Gasteiger partial charge in [-0.15, -0.1) is 0 Å². The summed E-state index contributed by atoms with van der Waals surface area (Å²) < 4.78 is 42.6. The van der Waals surface area contributed by atoms with E-state index in [1.807, 2.05) is 0 Å². The van der Waals surface area contributed by atoms with Crippen molar-refractivity contribution in [2.45, 2.75) is 26.7 Å². The van der Waals surface area contributed by atoms with E-state index < -0.39 is 17.5 Å². The highest BCUT2D eigenvalue weighted by Gasteiger charge is 2.24. The monoisotopic (exact) mass is 264 g/mol. The minimum atomic E-state index is -1.11. The highest BCUT2D eigenvalue weighted by Crippen LogP contribution is 2.35. The van der Waals surface area contributed by atoms with Crippen molar-refractivity contribution in [1.29, 1.82) is 0 Å². The van der Waals surface area contributed by atoms with Crippen LogP contribution in [0.25, 0.3) is 11.1 Å². The molecule has 0 nitrogen and oxygen atoms in total. The topological polar surface area (TPSA) is 0 Å². The van der Waals surface area contributed by atoms with Crippen LogP contribution < -0.4 is 0 Å². The summed E-state index contributed by atoms with van der Waals surface area (Å²) in [5.74, 6) is -3.02. The van der Waals surface area contributed by atoms with Crippen molar-refractivity contribution in [2.24, 2.45) is 0 Å². The molecule has 2 rings (SSSR count). The Morgan fingerprint density at radius 2 is 1.42 bits per heavy atom. The summed E-state index contributed by atoms with van der Waals surface area (Å²) >= 11 is 0. The van der Waals surface area contributed by atoms with Crippen molar-refractivity contribution in [3.05, 3.63) is 58.9 Å². The highest BCUT2D eigenvalue weighted by molar-refractivity contribution is 5.67. The maximum Gasteiger partial charge on any atom is 0.169 e. The van der Waals surface area contributed by atoms with Gasteiger partial charge in [0.2, 0.25) is 0 Å². The second-order valence-electron chi connectivity index (χ2n) is 4.88. The van der Waals surface area contributed by atoms with Crippen LogP contribution in [0.3, 0.4) is 0 Å². The first kappa shape index (κ1) is 13.7. The van der Waals surface area contributed by atoms with Crippen molar-refractivity contribution >= 4 is 0 Å². The lowest BCUT2D eigenvalue weighted by atomic mass is 9.92. The Bertz CT molecular complexity index is 572. The lowest BCUT2D eigenvalue weighted by Crippen LogP contribution is -2.06. The number of hydrogen-bond acceptors (Lipinski definition) is 0. The van der Waals surface area contributed by atoms with Gasteiger partial charge < -0.3 is 0 Å². The van der Waals surface area contributed by atoms with Gasteiger partial charge in [-0.3, -0.25) is 0 Å². The Kier molecular flexibility index (Phi) is 3.65. The minimum Gasteiger partial charge on any atom is -0.206 e. The zero-order valence-electron chi connectivity index (χ0n) is 11.1. The van der Waals surface area contributed by atoms with E-state index in [0.29, 0.717) is 5.56 Å². The maximum absolute atomic E-state index is 14.3. The van der Waals surface area contributed by atoms with Gasteiger partial charge in [0.1, 0.15) is 5.82 Å². The number of benzene rings is 2. The third-order valence-electron chi connectivity index (χ3n) is 3.24. The van der Waals surface area contributed by atoms with Crippen molar-refractivity contribution in [3.8, 4) is 11.1 Å². The molecule has 0 saturated carbocycles. The lowest BCUT2D eigenvalue weighted by Gasteiger charge is -2.16. The van der Waals surface area contributed by atoms with Gasteiger partial charge in [-0.2, -0.15) is 0 Å². The third-order valence-corrected chi connectivity index (χ3v) is 3.24. The van der Waals surface area contributed by atoms with E-state index in [4.69, 9.17) is 0 Å². The predicted octanol–water partition coefficient (Wildman–Crippen LogP) is 5.20. The van der Waals surface area contributed by atoms with E-state index >= 15 is 0 Å². The zero-order valence-corrected chi connectivity index (χ0v) is 11.1. The van der Waals surface area contributed by atoms with Crippen LogP contribution in [0.1, 0.15) is 30.9 Å². The molecule has 0 aliphatic rings. The molecule has 0 unspecified atom stereocenters. The van der Waals surface area contributed by atoms with Crippen molar-refractivity contribution in [3.63, 3.8) is 0 Å². The van der Waals surface area contributed by atoms with Crippen LogP contribution in [0.2, 0.25) is 0 Å². The molecule has 0 saturated heterocycles. The predicted molar refractivity (Wildman–Crippen MR) is 70.6 cm³/mol. The van der Waals surface area contributed by atoms with E-state index in [1.165, 1.54) is 6.92 Å². The van der Waals surface area contributed by atoms with Crippen LogP contribution >= 0.6 is 0 Å². The Morgan fingerprint density at radius 3 is 1.95 bits per heavy atom. The van der Waals surface area contributed by atoms with Gasteiger partial charge in [-0.05, 0) is 29.5 Å². The van der Waals surface area contributed by atoms with Gasteiger partial charge in [-0.1, -0.05) is 44.2 Å². The summed E-state index contributed by atoms with van der Waals surface area (Å²) in [7, 11) is 0. The van der Waals surface area contributed by atoms with Crippen LogP contribution in [0.15, 0.2) is 30.3 Å². The molecule has 0 aromatic heterocycles. The number of hydrogen-bond donors (Lipinski definition) is 0. The van der Waals surface area contributed by atoms with E-state index in [9.17, 15) is 13.2 Å². The molecule has 19 heavy (non-hydrogen) atoms. The summed E-state index contributed by atoms with van der Waals surface area (Å²) in [5.41, 5.74) is 0.331. The molecule has 0 amide bonds. The minimum absolute atomic E-state index is 0.106. The van der Waals surface area contributed by atoms with Gasteiger partial charge in [0, 0.05) is 0 Å². The second-order valence-corrected chi connectivity index (χ2v) is 4.88. The normalized spacial score (nSPS) is 11.1. The second kappa shape index (κ2) is 5.08. The van der Waals surface area contributed by atoms with Crippen molar-refractivity contribution in [2.75, 3.05) is 0 Å². The first-order chi connectivity index (χ1) is 8.95. The first-order valence-corrected chi connectivity index (χ1v) is 6.17. The summed E-state index contributed by atoms with van der Waals surface area (Å²) in [4.78, 5) is 0. The molecule has 0 aliphatic heterocycles. The van der Waals surface area contributed by atoms with Crippen molar-refractivity contribution < 1.29 is 13.2 Å². The average molecular weight is 264 g/mol. The van der Waals surface area contributed by atoms with Gasteiger partial charge in [-0.25, -0.2) is 13.2 Å². The standard InChI is InChI=1S/C16H15F3/c1-9(2)12-10(3)14(17)13(16(19)15(12)18)11-7-5-4-6-8-11/h4-9H,1-3H3. The molecule has 0 bridgehead atoms. The van der Waals surface area contributed by atoms with E-state index in [1.54, 1.807) is 44.2 Å². The molecule has 3 heteroatoms. The Labute approximate surface area is 110 Å². The van der Waals surface area contributed by atoms with Crippen LogP contribution in [0, 0.1) is 24.4 Å². The average Bonchev–Trinajstić information content (AvgIpc) is 2.38. The van der Waals surface area contributed by atoms with Gasteiger partial charge >= 0.3 is 0 Å². The number of rotatable bonds is 2.